The van der Waals surface area contributed by atoms with Crippen LogP contribution >= 0.6 is 0 Å². The highest BCUT2D eigenvalue weighted by Crippen LogP contribution is 2.44. The van der Waals surface area contributed by atoms with Gasteiger partial charge in [0, 0.05) is 31.5 Å². The fraction of sp³-hybridized carbons (Fsp3) is 0.824. The predicted molar refractivity (Wildman–Crippen MR) is 92.7 cm³/mol. The van der Waals surface area contributed by atoms with E-state index in [0.717, 1.165) is 50.1 Å². The van der Waals surface area contributed by atoms with Gasteiger partial charge in [-0.2, -0.15) is 5.10 Å². The van der Waals surface area contributed by atoms with Gasteiger partial charge in [0.15, 0.2) is 11.8 Å². The van der Waals surface area contributed by atoms with Gasteiger partial charge in [-0.15, -0.1) is 0 Å². The van der Waals surface area contributed by atoms with Crippen molar-refractivity contribution in [2.45, 2.75) is 71.9 Å². The first-order valence-corrected chi connectivity index (χ1v) is 8.97. The Bertz CT molecular complexity index is 570. The van der Waals surface area contributed by atoms with Gasteiger partial charge in [0.05, 0.1) is 6.54 Å². The zero-order valence-corrected chi connectivity index (χ0v) is 14.9. The van der Waals surface area contributed by atoms with E-state index in [0.29, 0.717) is 17.4 Å². The largest absolute Gasteiger partial charge is 0.357 e. The van der Waals surface area contributed by atoms with Gasteiger partial charge < -0.3 is 10.6 Å². The average Bonchev–Trinajstić information content (AvgIpc) is 3.09. The van der Waals surface area contributed by atoms with Crippen molar-refractivity contribution in [3.05, 3.63) is 11.6 Å². The summed E-state index contributed by atoms with van der Waals surface area (Å²) in [5.74, 6) is 3.41. The fourth-order valence-electron chi connectivity index (χ4n) is 2.85. The highest BCUT2D eigenvalue weighted by atomic mass is 15.4. The van der Waals surface area contributed by atoms with E-state index in [4.69, 9.17) is 4.99 Å². The summed E-state index contributed by atoms with van der Waals surface area (Å²) in [5, 5.41) is 11.6. The zero-order valence-electron chi connectivity index (χ0n) is 14.9. The topological polar surface area (TPSA) is 67.1 Å². The van der Waals surface area contributed by atoms with Crippen LogP contribution in [0.5, 0.6) is 0 Å². The van der Waals surface area contributed by atoms with E-state index in [1.54, 1.807) is 0 Å². The van der Waals surface area contributed by atoms with Gasteiger partial charge in [0.2, 0.25) is 0 Å². The molecule has 6 heteroatoms. The van der Waals surface area contributed by atoms with E-state index in [2.05, 4.69) is 53.1 Å². The Kier molecular flexibility index (Phi) is 4.60. The summed E-state index contributed by atoms with van der Waals surface area (Å²) in [5.41, 5.74) is 0.445. The standard InChI is InChI=1S/C17H30N6/c1-5-18-16(19-11-17(4)8-9-17)20-13-6-7-14-21-15(12(2)3)22-23(14)10-13/h12-13H,5-11H2,1-4H3,(H2,18,19,20). The van der Waals surface area contributed by atoms with Crippen LogP contribution in [0, 0.1) is 5.41 Å². The minimum atomic E-state index is 0.369. The molecule has 2 N–H and O–H groups in total. The van der Waals surface area contributed by atoms with E-state index < -0.39 is 0 Å². The van der Waals surface area contributed by atoms with Crippen molar-refractivity contribution in [3.63, 3.8) is 0 Å². The maximum Gasteiger partial charge on any atom is 0.191 e. The second-order valence-electron chi connectivity index (χ2n) is 7.61. The summed E-state index contributed by atoms with van der Waals surface area (Å²) in [6.07, 6.45) is 4.67. The minimum absolute atomic E-state index is 0.369. The van der Waals surface area contributed by atoms with Crippen molar-refractivity contribution in [3.8, 4) is 0 Å². The average molecular weight is 318 g/mol. The Labute approximate surface area is 139 Å². The molecule has 1 aromatic heterocycles. The Morgan fingerprint density at radius 2 is 2.22 bits per heavy atom. The molecule has 6 nitrogen and oxygen atoms in total. The summed E-state index contributed by atoms with van der Waals surface area (Å²) in [6.45, 7) is 11.4. The molecule has 3 rings (SSSR count). The van der Waals surface area contributed by atoms with Crippen molar-refractivity contribution in [2.24, 2.45) is 10.4 Å². The van der Waals surface area contributed by atoms with Gasteiger partial charge in [-0.3, -0.25) is 4.99 Å². The number of aromatic nitrogens is 3. The van der Waals surface area contributed by atoms with Crippen LogP contribution in [0.15, 0.2) is 4.99 Å². The minimum Gasteiger partial charge on any atom is -0.357 e. The second kappa shape index (κ2) is 6.49. The lowest BCUT2D eigenvalue weighted by atomic mass is 10.1. The van der Waals surface area contributed by atoms with Gasteiger partial charge in [0.1, 0.15) is 5.82 Å². The van der Waals surface area contributed by atoms with Crippen LogP contribution in [0.25, 0.3) is 0 Å². The van der Waals surface area contributed by atoms with Gasteiger partial charge in [-0.25, -0.2) is 9.67 Å². The van der Waals surface area contributed by atoms with Crippen LogP contribution in [-0.4, -0.2) is 39.9 Å². The number of aryl methyl sites for hydroxylation is 1. The molecule has 23 heavy (non-hydrogen) atoms. The van der Waals surface area contributed by atoms with E-state index in [1.165, 1.54) is 12.8 Å². The number of fused-ring (bicyclic) bond motifs is 1. The zero-order chi connectivity index (χ0) is 16.4. The monoisotopic (exact) mass is 318 g/mol. The molecule has 0 bridgehead atoms. The lowest BCUT2D eigenvalue weighted by Crippen LogP contribution is -2.47. The van der Waals surface area contributed by atoms with E-state index in [1.807, 2.05) is 0 Å². The summed E-state index contributed by atoms with van der Waals surface area (Å²) >= 11 is 0. The number of hydrogen-bond donors (Lipinski definition) is 2. The first-order valence-electron chi connectivity index (χ1n) is 8.97. The molecule has 1 atom stereocenters. The summed E-state index contributed by atoms with van der Waals surface area (Å²) < 4.78 is 2.07. The van der Waals surface area contributed by atoms with Crippen molar-refractivity contribution < 1.29 is 0 Å². The van der Waals surface area contributed by atoms with Crippen LogP contribution in [0.1, 0.15) is 64.5 Å². The first-order chi connectivity index (χ1) is 11.0. The van der Waals surface area contributed by atoms with Gasteiger partial charge in [-0.05, 0) is 31.6 Å². The van der Waals surface area contributed by atoms with Crippen molar-refractivity contribution >= 4 is 5.96 Å². The van der Waals surface area contributed by atoms with E-state index in [9.17, 15) is 0 Å². The summed E-state index contributed by atoms with van der Waals surface area (Å²) in [7, 11) is 0. The molecule has 1 saturated carbocycles. The predicted octanol–water partition coefficient (Wildman–Crippen LogP) is 2.07. The van der Waals surface area contributed by atoms with Crippen LogP contribution in [0.4, 0.5) is 0 Å². The molecular weight excluding hydrogens is 288 g/mol. The van der Waals surface area contributed by atoms with Crippen molar-refractivity contribution in [1.82, 2.24) is 25.4 Å². The molecule has 1 fully saturated rings. The molecule has 1 aliphatic carbocycles. The Morgan fingerprint density at radius 1 is 1.43 bits per heavy atom. The molecule has 0 aromatic carbocycles. The normalized spacial score (nSPS) is 22.8. The highest BCUT2D eigenvalue weighted by molar-refractivity contribution is 5.80. The summed E-state index contributed by atoms with van der Waals surface area (Å²) in [4.78, 5) is 9.44. The van der Waals surface area contributed by atoms with Gasteiger partial charge in [0.25, 0.3) is 0 Å². The molecule has 0 saturated heterocycles. The van der Waals surface area contributed by atoms with Crippen LogP contribution in [0.3, 0.4) is 0 Å². The molecule has 2 heterocycles. The number of hydrogen-bond acceptors (Lipinski definition) is 3. The van der Waals surface area contributed by atoms with E-state index >= 15 is 0 Å². The lowest BCUT2D eigenvalue weighted by Gasteiger charge is -2.25. The molecule has 0 radical (unpaired) electrons. The third-order valence-corrected chi connectivity index (χ3v) is 4.80. The third kappa shape index (κ3) is 4.03. The van der Waals surface area contributed by atoms with E-state index in [-0.39, 0.29) is 0 Å². The number of aliphatic imine (C=N–C) groups is 1. The first kappa shape index (κ1) is 16.3. The molecule has 0 amide bonds. The Balaban J connectivity index is 1.62. The molecule has 2 aliphatic rings. The molecular formula is C17H30N6. The number of nitrogens with zero attached hydrogens (tertiary/aromatic N) is 4. The fourth-order valence-corrected chi connectivity index (χ4v) is 2.85. The number of guanidine groups is 1. The van der Waals surface area contributed by atoms with Crippen LogP contribution in [0.2, 0.25) is 0 Å². The maximum absolute atomic E-state index is 4.78. The smallest absolute Gasteiger partial charge is 0.191 e. The molecule has 128 valence electrons. The van der Waals surface area contributed by atoms with Crippen molar-refractivity contribution in [2.75, 3.05) is 13.1 Å². The van der Waals surface area contributed by atoms with Gasteiger partial charge in [-0.1, -0.05) is 20.8 Å². The Hall–Kier alpha value is -1.59. The molecule has 1 aliphatic heterocycles. The van der Waals surface area contributed by atoms with Crippen LogP contribution in [-0.2, 0) is 13.0 Å². The third-order valence-electron chi connectivity index (χ3n) is 4.80. The molecule has 0 spiro atoms. The highest BCUT2D eigenvalue weighted by Gasteiger charge is 2.37. The van der Waals surface area contributed by atoms with Gasteiger partial charge >= 0.3 is 0 Å². The van der Waals surface area contributed by atoms with Crippen molar-refractivity contribution in [1.29, 1.82) is 0 Å². The number of rotatable bonds is 5. The lowest BCUT2D eigenvalue weighted by molar-refractivity contribution is 0.391. The molecule has 1 aromatic rings. The quantitative estimate of drug-likeness (QED) is 0.644. The van der Waals surface area contributed by atoms with Crippen LogP contribution < -0.4 is 10.6 Å². The maximum atomic E-state index is 4.78. The summed E-state index contributed by atoms with van der Waals surface area (Å²) in [6, 6.07) is 0.369. The molecule has 1 unspecified atom stereocenters. The number of nitrogens with one attached hydrogen (secondary N) is 2. The Morgan fingerprint density at radius 3 is 2.87 bits per heavy atom. The second-order valence-corrected chi connectivity index (χ2v) is 7.61. The SMILES string of the molecule is CCNC(=NCC1(C)CC1)NC1CCc2nc(C(C)C)nn2C1.